The zero-order valence-corrected chi connectivity index (χ0v) is 8.85. The molecule has 0 amide bonds. The van der Waals surface area contributed by atoms with Crippen molar-refractivity contribution in [1.82, 2.24) is 9.97 Å². The molecule has 0 saturated carbocycles. The van der Waals surface area contributed by atoms with Crippen LogP contribution in [0.4, 0.5) is 5.82 Å². The number of anilines is 1. The number of nitrogens with zero attached hydrogens (tertiary/aromatic N) is 3. The number of rotatable bonds is 2. The molecule has 4 heteroatoms. The van der Waals surface area contributed by atoms with Crippen molar-refractivity contribution in [1.29, 1.82) is 0 Å². The minimum Gasteiger partial charge on any atom is -0.390 e. The van der Waals surface area contributed by atoms with E-state index < -0.39 is 0 Å². The van der Waals surface area contributed by atoms with Gasteiger partial charge in [-0.1, -0.05) is 11.6 Å². The highest BCUT2D eigenvalue weighted by atomic mass is 16.3. The van der Waals surface area contributed by atoms with Crippen LogP contribution in [0.1, 0.15) is 19.0 Å². The Labute approximate surface area is 89.3 Å². The monoisotopic (exact) mass is 205 g/mol. The third-order valence-corrected chi connectivity index (χ3v) is 2.51. The Morgan fingerprint density at radius 1 is 1.40 bits per heavy atom. The van der Waals surface area contributed by atoms with Crippen molar-refractivity contribution < 1.29 is 5.11 Å². The molecule has 4 nitrogen and oxygen atoms in total. The third kappa shape index (κ3) is 2.33. The van der Waals surface area contributed by atoms with Gasteiger partial charge in [-0.05, 0) is 13.3 Å². The van der Waals surface area contributed by atoms with E-state index in [4.69, 9.17) is 5.11 Å². The van der Waals surface area contributed by atoms with Crippen LogP contribution in [0.25, 0.3) is 0 Å². The highest BCUT2D eigenvalue weighted by Gasteiger charge is 2.11. The van der Waals surface area contributed by atoms with Crippen LogP contribution in [0.2, 0.25) is 0 Å². The summed E-state index contributed by atoms with van der Waals surface area (Å²) < 4.78 is 0. The maximum absolute atomic E-state index is 8.86. The van der Waals surface area contributed by atoms with E-state index in [2.05, 4.69) is 27.9 Å². The molecule has 2 rings (SSSR count). The quantitative estimate of drug-likeness (QED) is 0.735. The molecule has 0 fully saturated rings. The molecule has 1 aromatic rings. The van der Waals surface area contributed by atoms with Gasteiger partial charge in [-0.15, -0.1) is 0 Å². The predicted octanol–water partition coefficient (Wildman–Crippen LogP) is 1.13. The first-order valence-electron chi connectivity index (χ1n) is 5.12. The van der Waals surface area contributed by atoms with Gasteiger partial charge in [-0.3, -0.25) is 4.98 Å². The van der Waals surface area contributed by atoms with E-state index in [0.717, 1.165) is 25.3 Å². The highest BCUT2D eigenvalue weighted by molar-refractivity contribution is 5.39. The topological polar surface area (TPSA) is 49.2 Å². The van der Waals surface area contributed by atoms with Crippen molar-refractivity contribution in [2.24, 2.45) is 0 Å². The molecule has 1 aliphatic heterocycles. The minimum absolute atomic E-state index is 0.0494. The van der Waals surface area contributed by atoms with E-state index in [9.17, 15) is 0 Å². The number of aliphatic hydroxyl groups excluding tert-OH is 1. The normalized spacial score (nSPS) is 16.4. The maximum Gasteiger partial charge on any atom is 0.147 e. The average molecular weight is 205 g/mol. The van der Waals surface area contributed by atoms with E-state index >= 15 is 0 Å². The lowest BCUT2D eigenvalue weighted by Crippen LogP contribution is -2.29. The van der Waals surface area contributed by atoms with Crippen molar-refractivity contribution in [2.45, 2.75) is 20.0 Å². The van der Waals surface area contributed by atoms with Crippen LogP contribution < -0.4 is 4.90 Å². The lowest BCUT2D eigenvalue weighted by atomic mass is 10.1. The van der Waals surface area contributed by atoms with Gasteiger partial charge >= 0.3 is 0 Å². The number of hydrogen-bond acceptors (Lipinski definition) is 4. The van der Waals surface area contributed by atoms with Crippen LogP contribution in [-0.2, 0) is 6.61 Å². The van der Waals surface area contributed by atoms with Gasteiger partial charge in [0.15, 0.2) is 0 Å². The first kappa shape index (κ1) is 10.1. The molecule has 0 spiro atoms. The summed E-state index contributed by atoms with van der Waals surface area (Å²) in [5, 5.41) is 8.86. The smallest absolute Gasteiger partial charge is 0.147 e. The first-order chi connectivity index (χ1) is 7.29. The van der Waals surface area contributed by atoms with E-state index in [0.29, 0.717) is 5.69 Å². The van der Waals surface area contributed by atoms with Gasteiger partial charge in [0.05, 0.1) is 24.7 Å². The van der Waals surface area contributed by atoms with Crippen molar-refractivity contribution in [3.8, 4) is 0 Å². The van der Waals surface area contributed by atoms with Gasteiger partial charge in [0.25, 0.3) is 0 Å². The van der Waals surface area contributed by atoms with E-state index in [-0.39, 0.29) is 6.61 Å². The summed E-state index contributed by atoms with van der Waals surface area (Å²) in [5.41, 5.74) is 1.98. The fourth-order valence-corrected chi connectivity index (χ4v) is 1.70. The van der Waals surface area contributed by atoms with Crippen molar-refractivity contribution in [2.75, 3.05) is 18.0 Å². The Balaban J connectivity index is 2.12. The summed E-state index contributed by atoms with van der Waals surface area (Å²) in [5.74, 6) is 0.889. The van der Waals surface area contributed by atoms with Crippen molar-refractivity contribution in [3.63, 3.8) is 0 Å². The summed E-state index contributed by atoms with van der Waals surface area (Å²) in [6.45, 7) is 3.99. The lowest BCUT2D eigenvalue weighted by Gasteiger charge is -2.26. The van der Waals surface area contributed by atoms with Crippen LogP contribution in [0.5, 0.6) is 0 Å². The first-order valence-corrected chi connectivity index (χ1v) is 5.12. The molecule has 2 heterocycles. The molecule has 0 aromatic carbocycles. The summed E-state index contributed by atoms with van der Waals surface area (Å²) in [7, 11) is 0. The SMILES string of the molecule is CC1=CCCN(c2cnc(CO)cn2)C1. The van der Waals surface area contributed by atoms with Crippen LogP contribution >= 0.6 is 0 Å². The molecular formula is C11H15N3O. The Hall–Kier alpha value is -1.42. The zero-order chi connectivity index (χ0) is 10.7. The van der Waals surface area contributed by atoms with Crippen molar-refractivity contribution in [3.05, 3.63) is 29.7 Å². The second kappa shape index (κ2) is 4.40. The average Bonchev–Trinajstić information content (AvgIpc) is 2.29. The van der Waals surface area contributed by atoms with Crippen LogP contribution in [0, 0.1) is 0 Å². The molecule has 0 unspecified atom stereocenters. The second-order valence-corrected chi connectivity index (χ2v) is 3.78. The van der Waals surface area contributed by atoms with Crippen LogP contribution in [0.3, 0.4) is 0 Å². The van der Waals surface area contributed by atoms with Crippen LogP contribution in [-0.4, -0.2) is 28.2 Å². The van der Waals surface area contributed by atoms with Gasteiger partial charge in [0.1, 0.15) is 5.82 Å². The predicted molar refractivity (Wildman–Crippen MR) is 58.5 cm³/mol. The van der Waals surface area contributed by atoms with Crippen molar-refractivity contribution >= 4 is 5.82 Å². The summed E-state index contributed by atoms with van der Waals surface area (Å²) in [4.78, 5) is 10.6. The summed E-state index contributed by atoms with van der Waals surface area (Å²) in [6, 6.07) is 0. The number of hydrogen-bond donors (Lipinski definition) is 1. The minimum atomic E-state index is -0.0494. The molecule has 0 aliphatic carbocycles. The Kier molecular flexibility index (Phi) is 2.97. The fourth-order valence-electron chi connectivity index (χ4n) is 1.70. The Morgan fingerprint density at radius 3 is 2.87 bits per heavy atom. The molecule has 1 aromatic heterocycles. The third-order valence-electron chi connectivity index (χ3n) is 2.51. The van der Waals surface area contributed by atoms with E-state index in [1.807, 2.05) is 0 Å². The molecule has 0 atom stereocenters. The summed E-state index contributed by atoms with van der Waals surface area (Å²) >= 11 is 0. The largest absolute Gasteiger partial charge is 0.390 e. The zero-order valence-electron chi connectivity index (χ0n) is 8.85. The molecule has 0 saturated heterocycles. The highest BCUT2D eigenvalue weighted by Crippen LogP contribution is 2.16. The Bertz CT molecular complexity index is 359. The summed E-state index contributed by atoms with van der Waals surface area (Å²) in [6.07, 6.45) is 6.68. The molecule has 15 heavy (non-hydrogen) atoms. The van der Waals surface area contributed by atoms with Gasteiger partial charge in [0, 0.05) is 13.1 Å². The van der Waals surface area contributed by atoms with Gasteiger partial charge in [0.2, 0.25) is 0 Å². The molecule has 1 aliphatic rings. The van der Waals surface area contributed by atoms with Gasteiger partial charge in [-0.2, -0.15) is 0 Å². The molecule has 0 bridgehead atoms. The van der Waals surface area contributed by atoms with E-state index in [1.54, 1.807) is 12.4 Å². The van der Waals surface area contributed by atoms with Crippen LogP contribution in [0.15, 0.2) is 24.0 Å². The molecular weight excluding hydrogens is 190 g/mol. The molecule has 1 N–H and O–H groups in total. The van der Waals surface area contributed by atoms with Gasteiger partial charge in [-0.25, -0.2) is 4.98 Å². The fraction of sp³-hybridized carbons (Fsp3) is 0.455. The standard InChI is InChI=1S/C11H15N3O/c1-9-3-2-4-14(7-9)11-6-12-10(8-15)5-13-11/h3,5-6,15H,2,4,7-8H2,1H3. The number of aliphatic hydroxyl groups is 1. The maximum atomic E-state index is 8.86. The lowest BCUT2D eigenvalue weighted by molar-refractivity contribution is 0.276. The van der Waals surface area contributed by atoms with E-state index in [1.165, 1.54) is 5.57 Å². The molecule has 0 radical (unpaired) electrons. The second-order valence-electron chi connectivity index (χ2n) is 3.78. The number of aromatic nitrogens is 2. The Morgan fingerprint density at radius 2 is 2.27 bits per heavy atom. The van der Waals surface area contributed by atoms with Gasteiger partial charge < -0.3 is 10.0 Å². The molecule has 80 valence electrons.